The van der Waals surface area contributed by atoms with E-state index in [0.29, 0.717) is 12.1 Å². The van der Waals surface area contributed by atoms with Gasteiger partial charge in [0.2, 0.25) is 5.91 Å². The lowest BCUT2D eigenvalue weighted by molar-refractivity contribution is -0.137. The Morgan fingerprint density at radius 3 is 2.52 bits per heavy atom. The summed E-state index contributed by atoms with van der Waals surface area (Å²) >= 11 is 1.36. The molecule has 23 heavy (non-hydrogen) atoms. The first kappa shape index (κ1) is 15.9. The van der Waals surface area contributed by atoms with Crippen LogP contribution in [0, 0.1) is 0 Å². The first-order valence-corrected chi connectivity index (χ1v) is 8.12. The van der Waals surface area contributed by atoms with Gasteiger partial charge in [0.05, 0.1) is 11.3 Å². The molecule has 0 bridgehead atoms. The average molecular weight is 337 g/mol. The summed E-state index contributed by atoms with van der Waals surface area (Å²) < 4.78 is 38.7. The van der Waals surface area contributed by atoms with Crippen molar-refractivity contribution < 1.29 is 18.0 Å². The van der Waals surface area contributed by atoms with Gasteiger partial charge in [-0.05, 0) is 23.3 Å². The number of nitrogens with zero attached hydrogens (tertiary/aromatic N) is 1. The van der Waals surface area contributed by atoms with Gasteiger partial charge in [0.25, 0.3) is 0 Å². The Labute approximate surface area is 136 Å². The van der Waals surface area contributed by atoms with E-state index in [9.17, 15) is 18.0 Å². The second-order valence-electron chi connectivity index (χ2n) is 5.29. The quantitative estimate of drug-likeness (QED) is 0.823. The molecule has 1 aliphatic heterocycles. The predicted octanol–water partition coefficient (Wildman–Crippen LogP) is 4.48. The van der Waals surface area contributed by atoms with Crippen LogP contribution in [0.1, 0.15) is 22.1 Å². The Bertz CT molecular complexity index is 702. The number of amides is 1. The van der Waals surface area contributed by atoms with Crippen molar-refractivity contribution in [2.24, 2.45) is 0 Å². The summed E-state index contributed by atoms with van der Waals surface area (Å²) in [5.74, 6) is 0.231. The summed E-state index contributed by atoms with van der Waals surface area (Å²) in [6.07, 6.45) is -4.38. The number of rotatable bonds is 3. The van der Waals surface area contributed by atoms with Crippen molar-refractivity contribution in [3.05, 3.63) is 71.3 Å². The molecule has 1 atom stereocenters. The van der Waals surface area contributed by atoms with Crippen LogP contribution >= 0.6 is 11.8 Å². The highest BCUT2D eigenvalue weighted by molar-refractivity contribution is 8.00. The van der Waals surface area contributed by atoms with Gasteiger partial charge in [0.1, 0.15) is 5.37 Å². The Hall–Kier alpha value is -1.95. The summed E-state index contributed by atoms with van der Waals surface area (Å²) in [7, 11) is 0. The molecule has 0 saturated carbocycles. The van der Waals surface area contributed by atoms with Crippen LogP contribution in [0.4, 0.5) is 13.2 Å². The maximum atomic E-state index is 12.9. The van der Waals surface area contributed by atoms with E-state index in [2.05, 4.69) is 0 Å². The number of hydrogen-bond donors (Lipinski definition) is 0. The number of hydrogen-bond acceptors (Lipinski definition) is 2. The highest BCUT2D eigenvalue weighted by Gasteiger charge is 2.35. The molecule has 120 valence electrons. The molecule has 6 heteroatoms. The number of carbonyl (C=O) groups excluding carboxylic acids is 1. The highest BCUT2D eigenvalue weighted by Crippen LogP contribution is 2.41. The maximum absolute atomic E-state index is 12.9. The normalized spacial score (nSPS) is 18.5. The molecule has 1 saturated heterocycles. The Morgan fingerprint density at radius 1 is 1.09 bits per heavy atom. The fourth-order valence-corrected chi connectivity index (χ4v) is 3.73. The molecule has 2 aromatic carbocycles. The largest absolute Gasteiger partial charge is 0.416 e. The van der Waals surface area contributed by atoms with Crippen LogP contribution < -0.4 is 0 Å². The summed E-state index contributed by atoms with van der Waals surface area (Å²) in [6, 6.07) is 14.7. The number of halogens is 3. The molecule has 1 fully saturated rings. The van der Waals surface area contributed by atoms with E-state index in [-0.39, 0.29) is 17.0 Å². The SMILES string of the molecule is O=C1CS[C@@H](c2cccc(C(F)(F)F)c2)N1Cc1ccccc1. The lowest BCUT2D eigenvalue weighted by atomic mass is 10.1. The van der Waals surface area contributed by atoms with Gasteiger partial charge < -0.3 is 4.90 Å². The maximum Gasteiger partial charge on any atom is 0.416 e. The van der Waals surface area contributed by atoms with E-state index in [4.69, 9.17) is 0 Å². The highest BCUT2D eigenvalue weighted by atomic mass is 32.2. The molecule has 3 rings (SSSR count). The first-order chi connectivity index (χ1) is 10.9. The molecule has 1 aliphatic rings. The van der Waals surface area contributed by atoms with Crippen molar-refractivity contribution >= 4 is 17.7 Å². The first-order valence-electron chi connectivity index (χ1n) is 7.07. The standard InChI is InChI=1S/C17H14F3NOS/c18-17(19,20)14-8-4-7-13(9-14)16-21(15(22)11-23-16)10-12-5-2-1-3-6-12/h1-9,16H,10-11H2/t16-/m0/s1. The van der Waals surface area contributed by atoms with E-state index >= 15 is 0 Å². The molecule has 0 aliphatic carbocycles. The van der Waals surface area contributed by atoms with E-state index in [1.807, 2.05) is 30.3 Å². The minimum Gasteiger partial charge on any atom is -0.322 e. The van der Waals surface area contributed by atoms with Crippen LogP contribution in [-0.2, 0) is 17.5 Å². The van der Waals surface area contributed by atoms with Gasteiger partial charge in [0, 0.05) is 6.54 Å². The van der Waals surface area contributed by atoms with Gasteiger partial charge >= 0.3 is 6.18 Å². The van der Waals surface area contributed by atoms with Gasteiger partial charge in [-0.3, -0.25) is 4.79 Å². The molecule has 1 heterocycles. The van der Waals surface area contributed by atoms with Crippen molar-refractivity contribution in [3.63, 3.8) is 0 Å². The van der Waals surface area contributed by atoms with Gasteiger partial charge in [-0.15, -0.1) is 11.8 Å². The minimum atomic E-state index is -4.38. The second-order valence-corrected chi connectivity index (χ2v) is 6.36. The zero-order valence-corrected chi connectivity index (χ0v) is 12.9. The van der Waals surface area contributed by atoms with Crippen molar-refractivity contribution in [3.8, 4) is 0 Å². The second kappa shape index (κ2) is 6.28. The minimum absolute atomic E-state index is 0.0544. The van der Waals surface area contributed by atoms with Crippen molar-refractivity contribution in [2.45, 2.75) is 18.1 Å². The molecule has 0 N–H and O–H groups in total. The predicted molar refractivity (Wildman–Crippen MR) is 83.6 cm³/mol. The van der Waals surface area contributed by atoms with Crippen LogP contribution in [0.15, 0.2) is 54.6 Å². The monoisotopic (exact) mass is 337 g/mol. The summed E-state index contributed by atoms with van der Waals surface area (Å²) in [6.45, 7) is 0.396. The Balaban J connectivity index is 1.88. The number of alkyl halides is 3. The van der Waals surface area contributed by atoms with E-state index < -0.39 is 11.7 Å². The molecule has 0 spiro atoms. The molecular formula is C17H14F3NOS. The fraction of sp³-hybridized carbons (Fsp3) is 0.235. The Kier molecular flexibility index (Phi) is 4.35. The molecule has 0 unspecified atom stereocenters. The summed E-state index contributed by atoms with van der Waals surface area (Å²) in [5, 5.41) is -0.384. The topological polar surface area (TPSA) is 20.3 Å². The smallest absolute Gasteiger partial charge is 0.322 e. The van der Waals surface area contributed by atoms with Crippen LogP contribution in [-0.4, -0.2) is 16.6 Å². The summed E-state index contributed by atoms with van der Waals surface area (Å²) in [5.41, 5.74) is 0.779. The zero-order valence-electron chi connectivity index (χ0n) is 12.1. The van der Waals surface area contributed by atoms with E-state index in [0.717, 1.165) is 17.7 Å². The molecule has 0 radical (unpaired) electrons. The van der Waals surface area contributed by atoms with Gasteiger partial charge in [-0.1, -0.05) is 42.5 Å². The van der Waals surface area contributed by atoms with E-state index in [1.165, 1.54) is 17.8 Å². The van der Waals surface area contributed by atoms with Crippen LogP contribution in [0.5, 0.6) is 0 Å². The molecule has 0 aromatic heterocycles. The molecule has 2 aromatic rings. The number of carbonyl (C=O) groups is 1. The van der Waals surface area contributed by atoms with Gasteiger partial charge in [-0.2, -0.15) is 13.2 Å². The molecular weight excluding hydrogens is 323 g/mol. The third kappa shape index (κ3) is 3.52. The van der Waals surface area contributed by atoms with Crippen molar-refractivity contribution in [1.82, 2.24) is 4.90 Å². The van der Waals surface area contributed by atoms with Crippen LogP contribution in [0.2, 0.25) is 0 Å². The third-order valence-corrected chi connectivity index (χ3v) is 4.92. The van der Waals surface area contributed by atoms with Crippen LogP contribution in [0.25, 0.3) is 0 Å². The molecule has 2 nitrogen and oxygen atoms in total. The van der Waals surface area contributed by atoms with Crippen molar-refractivity contribution in [1.29, 1.82) is 0 Å². The fourth-order valence-electron chi connectivity index (χ4n) is 2.55. The number of benzene rings is 2. The zero-order chi connectivity index (χ0) is 16.4. The Morgan fingerprint density at radius 2 is 1.83 bits per heavy atom. The number of thioether (sulfide) groups is 1. The van der Waals surface area contributed by atoms with Crippen LogP contribution in [0.3, 0.4) is 0 Å². The summed E-state index contributed by atoms with van der Waals surface area (Å²) in [4.78, 5) is 13.8. The van der Waals surface area contributed by atoms with Crippen molar-refractivity contribution in [2.75, 3.05) is 5.75 Å². The third-order valence-electron chi connectivity index (χ3n) is 3.66. The lowest BCUT2D eigenvalue weighted by Crippen LogP contribution is -2.27. The molecule has 1 amide bonds. The van der Waals surface area contributed by atoms with Gasteiger partial charge in [-0.25, -0.2) is 0 Å². The lowest BCUT2D eigenvalue weighted by Gasteiger charge is -2.25. The van der Waals surface area contributed by atoms with E-state index in [1.54, 1.807) is 11.0 Å². The van der Waals surface area contributed by atoms with Gasteiger partial charge in [0.15, 0.2) is 0 Å². The average Bonchev–Trinajstić information content (AvgIpc) is 2.89.